The molecule has 85 valence electrons. The maximum absolute atomic E-state index is 10.8. The summed E-state index contributed by atoms with van der Waals surface area (Å²) in [6, 6.07) is 8.56. The highest BCUT2D eigenvalue weighted by atomic mass is 16.1. The lowest BCUT2D eigenvalue weighted by Gasteiger charge is -2.01. The van der Waals surface area contributed by atoms with Gasteiger partial charge in [-0.25, -0.2) is 0 Å². The molecule has 0 atom stereocenters. The lowest BCUT2D eigenvalue weighted by atomic mass is 10.2. The molecule has 1 radical (unpaired) electrons. The average molecular weight is 226 g/mol. The van der Waals surface area contributed by atoms with Crippen LogP contribution in [0.3, 0.4) is 0 Å². The number of hydrogen-bond acceptors (Lipinski definition) is 3. The molecule has 2 rings (SSSR count). The summed E-state index contributed by atoms with van der Waals surface area (Å²) in [5, 5.41) is 4.06. The molecule has 0 aliphatic heterocycles. The van der Waals surface area contributed by atoms with Gasteiger partial charge in [0.1, 0.15) is 0 Å². The van der Waals surface area contributed by atoms with Crippen molar-refractivity contribution in [2.24, 2.45) is 0 Å². The number of nitrogens with zero attached hydrogens (tertiary/aromatic N) is 3. The van der Waals surface area contributed by atoms with Gasteiger partial charge < -0.3 is 0 Å². The van der Waals surface area contributed by atoms with Gasteiger partial charge in [0, 0.05) is 12.3 Å². The third kappa shape index (κ3) is 3.38. The average Bonchev–Trinajstić information content (AvgIpc) is 2.80. The lowest BCUT2D eigenvalue weighted by molar-refractivity contribution is -0.112. The molecule has 0 unspecified atom stereocenters. The number of carbonyl (C=O) groups excluding carboxylic acids is 1. The van der Waals surface area contributed by atoms with E-state index in [0.717, 1.165) is 11.4 Å². The topological polar surface area (TPSA) is 47.8 Å². The number of carbonyl (C=O) groups is 1. The van der Waals surface area contributed by atoms with Gasteiger partial charge in [0.25, 0.3) is 0 Å². The Bertz CT molecular complexity index is 529. The van der Waals surface area contributed by atoms with Crippen LogP contribution in [0.4, 0.5) is 0 Å². The molecule has 0 aromatic carbocycles. The second-order valence-electron chi connectivity index (χ2n) is 3.64. The van der Waals surface area contributed by atoms with Crippen molar-refractivity contribution in [2.45, 2.75) is 13.5 Å². The molecule has 4 nitrogen and oxygen atoms in total. The second kappa shape index (κ2) is 5.21. The molecule has 0 aliphatic carbocycles. The molecule has 0 saturated carbocycles. The molecule has 4 heteroatoms. The smallest absolute Gasteiger partial charge is 0.152 e. The first-order valence-electron chi connectivity index (χ1n) is 5.27. The Labute approximate surface area is 99.6 Å². The molecular weight excluding hydrogens is 214 g/mol. The highest BCUT2D eigenvalue weighted by Gasteiger charge is 1.97. The summed E-state index contributed by atoms with van der Waals surface area (Å²) in [4.78, 5) is 15.2. The Morgan fingerprint density at radius 3 is 3.12 bits per heavy atom. The summed E-state index contributed by atoms with van der Waals surface area (Å²) in [6.07, 6.45) is 6.59. The minimum absolute atomic E-state index is 0.0129. The van der Waals surface area contributed by atoms with Crippen LogP contribution in [0, 0.1) is 6.07 Å². The first-order valence-corrected chi connectivity index (χ1v) is 5.27. The SMILES string of the molecule is CC(=O)C=Cc1cccc(Cn2c[c]cn2)n1. The molecule has 2 heterocycles. The van der Waals surface area contributed by atoms with Crippen molar-refractivity contribution in [1.29, 1.82) is 0 Å². The summed E-state index contributed by atoms with van der Waals surface area (Å²) in [6.45, 7) is 2.12. The molecule has 0 N–H and O–H groups in total. The van der Waals surface area contributed by atoms with E-state index in [1.54, 1.807) is 23.2 Å². The fourth-order valence-corrected chi connectivity index (χ4v) is 1.39. The van der Waals surface area contributed by atoms with Gasteiger partial charge in [-0.1, -0.05) is 6.07 Å². The highest BCUT2D eigenvalue weighted by molar-refractivity contribution is 5.91. The van der Waals surface area contributed by atoms with E-state index in [1.807, 2.05) is 18.2 Å². The Balaban J connectivity index is 2.14. The van der Waals surface area contributed by atoms with Gasteiger partial charge in [0.05, 0.1) is 24.1 Å². The van der Waals surface area contributed by atoms with Gasteiger partial charge in [-0.05, 0) is 31.2 Å². The van der Waals surface area contributed by atoms with E-state index in [9.17, 15) is 4.79 Å². The van der Waals surface area contributed by atoms with Crippen LogP contribution in [0.2, 0.25) is 0 Å². The van der Waals surface area contributed by atoms with E-state index in [-0.39, 0.29) is 5.78 Å². The van der Waals surface area contributed by atoms with Gasteiger partial charge in [0.15, 0.2) is 5.78 Å². The van der Waals surface area contributed by atoms with Crippen LogP contribution < -0.4 is 0 Å². The predicted molar refractivity (Wildman–Crippen MR) is 64.1 cm³/mol. The van der Waals surface area contributed by atoms with Gasteiger partial charge in [-0.3, -0.25) is 14.5 Å². The van der Waals surface area contributed by atoms with Crippen molar-refractivity contribution in [2.75, 3.05) is 0 Å². The zero-order valence-electron chi connectivity index (χ0n) is 9.50. The first-order chi connectivity index (χ1) is 8.24. The van der Waals surface area contributed by atoms with E-state index < -0.39 is 0 Å². The molecule has 0 aliphatic rings. The van der Waals surface area contributed by atoms with Crippen molar-refractivity contribution in [3.8, 4) is 0 Å². The van der Waals surface area contributed by atoms with Gasteiger partial charge >= 0.3 is 0 Å². The first kappa shape index (κ1) is 11.3. The second-order valence-corrected chi connectivity index (χ2v) is 3.64. The number of pyridine rings is 1. The van der Waals surface area contributed by atoms with Crippen molar-refractivity contribution in [3.63, 3.8) is 0 Å². The molecule has 0 spiro atoms. The minimum atomic E-state index is 0.0129. The van der Waals surface area contributed by atoms with Crippen molar-refractivity contribution in [1.82, 2.24) is 14.8 Å². The van der Waals surface area contributed by atoms with Gasteiger partial charge in [0.2, 0.25) is 0 Å². The van der Waals surface area contributed by atoms with E-state index in [4.69, 9.17) is 0 Å². The van der Waals surface area contributed by atoms with Crippen LogP contribution in [0.25, 0.3) is 6.08 Å². The highest BCUT2D eigenvalue weighted by Crippen LogP contribution is 2.03. The molecule has 17 heavy (non-hydrogen) atoms. The van der Waals surface area contributed by atoms with Crippen LogP contribution in [0.5, 0.6) is 0 Å². The lowest BCUT2D eigenvalue weighted by Crippen LogP contribution is -2.02. The number of allylic oxidation sites excluding steroid dienone is 1. The summed E-state index contributed by atoms with van der Waals surface area (Å²) in [7, 11) is 0. The van der Waals surface area contributed by atoms with Crippen LogP contribution in [-0.2, 0) is 11.3 Å². The zero-order chi connectivity index (χ0) is 12.1. The molecule has 0 fully saturated rings. The number of ketones is 1. The molecule has 0 bridgehead atoms. The Morgan fingerprint density at radius 2 is 2.41 bits per heavy atom. The fourth-order valence-electron chi connectivity index (χ4n) is 1.39. The Kier molecular flexibility index (Phi) is 3.45. The largest absolute Gasteiger partial charge is 0.295 e. The van der Waals surface area contributed by atoms with Gasteiger partial charge in [-0.15, -0.1) is 0 Å². The van der Waals surface area contributed by atoms with E-state index in [1.165, 1.54) is 13.0 Å². The minimum Gasteiger partial charge on any atom is -0.295 e. The fraction of sp³-hybridized carbons (Fsp3) is 0.154. The quantitative estimate of drug-likeness (QED) is 0.746. The van der Waals surface area contributed by atoms with Crippen LogP contribution in [0.1, 0.15) is 18.3 Å². The summed E-state index contributed by atoms with van der Waals surface area (Å²) in [5.41, 5.74) is 1.67. The van der Waals surface area contributed by atoms with Crippen molar-refractivity contribution < 1.29 is 4.79 Å². The Morgan fingerprint density at radius 1 is 1.53 bits per heavy atom. The molecule has 0 amide bonds. The van der Waals surface area contributed by atoms with Crippen LogP contribution in [0.15, 0.2) is 36.7 Å². The van der Waals surface area contributed by atoms with Crippen LogP contribution >= 0.6 is 0 Å². The summed E-state index contributed by atoms with van der Waals surface area (Å²) < 4.78 is 1.75. The number of rotatable bonds is 4. The zero-order valence-corrected chi connectivity index (χ0v) is 9.50. The van der Waals surface area contributed by atoms with Crippen molar-refractivity contribution in [3.05, 3.63) is 54.1 Å². The maximum Gasteiger partial charge on any atom is 0.152 e. The predicted octanol–water partition coefficient (Wildman–Crippen LogP) is 1.73. The monoisotopic (exact) mass is 226 g/mol. The number of aromatic nitrogens is 3. The third-order valence-electron chi connectivity index (χ3n) is 2.15. The van der Waals surface area contributed by atoms with Gasteiger partial charge in [-0.2, -0.15) is 5.10 Å². The molecule has 2 aromatic heterocycles. The molecular formula is C13H12N3O. The van der Waals surface area contributed by atoms with Crippen LogP contribution in [-0.4, -0.2) is 20.5 Å². The van der Waals surface area contributed by atoms with E-state index in [0.29, 0.717) is 6.54 Å². The van der Waals surface area contributed by atoms with Crippen molar-refractivity contribution >= 4 is 11.9 Å². The van der Waals surface area contributed by atoms with E-state index in [2.05, 4.69) is 16.1 Å². The molecule has 2 aromatic rings. The number of hydrogen-bond donors (Lipinski definition) is 0. The normalized spacial score (nSPS) is 10.9. The standard InChI is InChI=1S/C13H12N3O/c1-11(17)6-7-12-4-2-5-13(15-12)10-16-9-3-8-14-16/h2,4-9H,10H2,1H3. The summed E-state index contributed by atoms with van der Waals surface area (Å²) in [5.74, 6) is 0.0129. The summed E-state index contributed by atoms with van der Waals surface area (Å²) >= 11 is 0. The molecule has 0 saturated heterocycles. The van der Waals surface area contributed by atoms with E-state index >= 15 is 0 Å². The third-order valence-corrected chi connectivity index (χ3v) is 2.15. The Hall–Kier alpha value is -2.23. The maximum atomic E-state index is 10.8.